The van der Waals surface area contributed by atoms with Crippen molar-refractivity contribution in [3.8, 4) is 11.5 Å². The van der Waals surface area contributed by atoms with Gasteiger partial charge in [0.25, 0.3) is 0 Å². The van der Waals surface area contributed by atoms with E-state index in [2.05, 4.69) is 0 Å². The molecule has 1 aromatic carbocycles. The van der Waals surface area contributed by atoms with Gasteiger partial charge in [-0.15, -0.1) is 0 Å². The minimum atomic E-state index is 0.0443. The smallest absolute Gasteiger partial charge is 0.231 e. The van der Waals surface area contributed by atoms with E-state index in [1.165, 1.54) is 0 Å². The molecule has 1 unspecified atom stereocenters. The number of hydrogen-bond acceptors (Lipinski definition) is 3. The lowest BCUT2D eigenvalue weighted by atomic mass is 9.88. The van der Waals surface area contributed by atoms with Gasteiger partial charge in [-0.2, -0.15) is 0 Å². The highest BCUT2D eigenvalue weighted by atomic mass is 35.5. The topological polar surface area (TPSA) is 44.5 Å². The van der Waals surface area contributed by atoms with E-state index < -0.39 is 0 Å². The molecule has 1 saturated carbocycles. The predicted octanol–water partition coefficient (Wildman–Crippen LogP) is 2.45. The minimum absolute atomic E-state index is 0.0443. The van der Waals surface area contributed by atoms with Gasteiger partial charge in [0.15, 0.2) is 11.5 Å². The summed E-state index contributed by atoms with van der Waals surface area (Å²) in [5.41, 5.74) is 7.23. The van der Waals surface area contributed by atoms with Gasteiger partial charge in [0.2, 0.25) is 6.79 Å². The van der Waals surface area contributed by atoms with E-state index in [0.29, 0.717) is 5.02 Å². The lowest BCUT2D eigenvalue weighted by Crippen LogP contribution is -2.31. The van der Waals surface area contributed by atoms with Crippen molar-refractivity contribution in [2.24, 2.45) is 5.73 Å². The molecule has 0 aromatic heterocycles. The summed E-state index contributed by atoms with van der Waals surface area (Å²) in [5, 5.41) is 0.686. The summed E-state index contributed by atoms with van der Waals surface area (Å²) in [6, 6.07) is 3.87. The molecule has 1 heterocycles. The molecule has 1 atom stereocenters. The quantitative estimate of drug-likeness (QED) is 0.862. The van der Waals surface area contributed by atoms with Crippen molar-refractivity contribution >= 4 is 11.6 Å². The second kappa shape index (κ2) is 3.28. The summed E-state index contributed by atoms with van der Waals surface area (Å²) in [6.07, 6.45) is 2.20. The molecular weight excluding hydrogens is 226 g/mol. The molecule has 1 aliphatic carbocycles. The Labute approximate surface area is 99.5 Å². The third kappa shape index (κ3) is 1.31. The molecule has 1 aromatic rings. The van der Waals surface area contributed by atoms with Gasteiger partial charge in [0.1, 0.15) is 0 Å². The number of hydrogen-bond donors (Lipinski definition) is 1. The van der Waals surface area contributed by atoms with Gasteiger partial charge in [-0.1, -0.05) is 11.6 Å². The highest BCUT2D eigenvalue weighted by Gasteiger charge is 2.50. The van der Waals surface area contributed by atoms with Crippen LogP contribution >= 0.6 is 11.6 Å². The Morgan fingerprint density at radius 2 is 2.12 bits per heavy atom. The first-order chi connectivity index (χ1) is 7.63. The SMILES string of the molecule is CC(N)C1(c2cc(Cl)cc3c2OCO3)CC1. The van der Waals surface area contributed by atoms with Crippen molar-refractivity contribution in [3.05, 3.63) is 22.7 Å². The van der Waals surface area contributed by atoms with E-state index in [1.54, 1.807) is 6.07 Å². The summed E-state index contributed by atoms with van der Waals surface area (Å²) in [5.74, 6) is 1.58. The summed E-state index contributed by atoms with van der Waals surface area (Å²) >= 11 is 6.09. The van der Waals surface area contributed by atoms with E-state index in [4.69, 9.17) is 26.8 Å². The summed E-state index contributed by atoms with van der Waals surface area (Å²) in [7, 11) is 0. The maximum Gasteiger partial charge on any atom is 0.231 e. The predicted molar refractivity (Wildman–Crippen MR) is 62.1 cm³/mol. The first kappa shape index (κ1) is 10.2. The zero-order chi connectivity index (χ0) is 11.3. The van der Waals surface area contributed by atoms with Gasteiger partial charge >= 0.3 is 0 Å². The molecule has 0 saturated heterocycles. The first-order valence-corrected chi connectivity index (χ1v) is 5.86. The van der Waals surface area contributed by atoms with Crippen LogP contribution in [-0.2, 0) is 5.41 Å². The average Bonchev–Trinajstić information content (AvgIpc) is 2.91. The van der Waals surface area contributed by atoms with E-state index in [0.717, 1.165) is 29.9 Å². The number of halogens is 1. The summed E-state index contributed by atoms with van der Waals surface area (Å²) in [6.45, 7) is 2.31. The number of ether oxygens (including phenoxy) is 2. The molecule has 86 valence electrons. The van der Waals surface area contributed by atoms with Gasteiger partial charge < -0.3 is 15.2 Å². The Hall–Kier alpha value is -0.930. The molecule has 2 N–H and O–H groups in total. The van der Waals surface area contributed by atoms with Crippen LogP contribution in [0.2, 0.25) is 5.02 Å². The molecule has 0 spiro atoms. The molecule has 2 aliphatic rings. The number of rotatable bonds is 2. The van der Waals surface area contributed by atoms with Crippen molar-refractivity contribution in [1.82, 2.24) is 0 Å². The molecule has 3 rings (SSSR count). The Balaban J connectivity index is 2.14. The number of nitrogens with two attached hydrogens (primary N) is 1. The zero-order valence-electron chi connectivity index (χ0n) is 9.13. The summed E-state index contributed by atoms with van der Waals surface area (Å²) < 4.78 is 10.9. The zero-order valence-corrected chi connectivity index (χ0v) is 9.88. The van der Waals surface area contributed by atoms with E-state index >= 15 is 0 Å². The minimum Gasteiger partial charge on any atom is -0.454 e. The van der Waals surface area contributed by atoms with Crippen molar-refractivity contribution in [3.63, 3.8) is 0 Å². The Kier molecular flexibility index (Phi) is 2.10. The maximum atomic E-state index is 6.09. The van der Waals surface area contributed by atoms with Gasteiger partial charge in [0.05, 0.1) is 0 Å². The number of benzene rings is 1. The lowest BCUT2D eigenvalue weighted by molar-refractivity contribution is 0.172. The monoisotopic (exact) mass is 239 g/mol. The van der Waals surface area contributed by atoms with Gasteiger partial charge in [-0.05, 0) is 25.8 Å². The molecule has 1 aliphatic heterocycles. The van der Waals surface area contributed by atoms with Crippen LogP contribution in [0.5, 0.6) is 11.5 Å². The maximum absolute atomic E-state index is 6.09. The second-order valence-corrected chi connectivity index (χ2v) is 5.07. The molecule has 1 fully saturated rings. The van der Waals surface area contributed by atoms with Crippen molar-refractivity contribution in [2.75, 3.05) is 6.79 Å². The van der Waals surface area contributed by atoms with Gasteiger partial charge in [-0.25, -0.2) is 0 Å². The third-order valence-corrected chi connectivity index (χ3v) is 3.85. The largest absolute Gasteiger partial charge is 0.454 e. The van der Waals surface area contributed by atoms with E-state index in [9.17, 15) is 0 Å². The van der Waals surface area contributed by atoms with Crippen LogP contribution in [0.4, 0.5) is 0 Å². The Morgan fingerprint density at radius 1 is 1.38 bits per heavy atom. The normalized spacial score (nSPS) is 21.9. The fourth-order valence-electron chi connectivity index (χ4n) is 2.45. The van der Waals surface area contributed by atoms with Crippen LogP contribution in [0.25, 0.3) is 0 Å². The van der Waals surface area contributed by atoms with E-state index in [1.807, 2.05) is 13.0 Å². The molecule has 16 heavy (non-hydrogen) atoms. The third-order valence-electron chi connectivity index (χ3n) is 3.63. The standard InChI is InChI=1S/C12H14ClNO2/c1-7(14)12(2-3-12)9-4-8(13)5-10-11(9)16-6-15-10/h4-5,7H,2-3,6,14H2,1H3. The van der Waals surface area contributed by atoms with Crippen LogP contribution in [0.1, 0.15) is 25.3 Å². The Bertz CT molecular complexity index is 441. The van der Waals surface area contributed by atoms with Crippen molar-refractivity contribution < 1.29 is 9.47 Å². The number of fused-ring (bicyclic) bond motifs is 1. The lowest BCUT2D eigenvalue weighted by Gasteiger charge is -2.21. The molecule has 0 bridgehead atoms. The highest BCUT2D eigenvalue weighted by molar-refractivity contribution is 6.30. The van der Waals surface area contributed by atoms with Crippen molar-refractivity contribution in [2.45, 2.75) is 31.2 Å². The van der Waals surface area contributed by atoms with Crippen LogP contribution < -0.4 is 15.2 Å². The first-order valence-electron chi connectivity index (χ1n) is 5.49. The van der Waals surface area contributed by atoms with Crippen LogP contribution in [0.3, 0.4) is 0 Å². The van der Waals surface area contributed by atoms with E-state index in [-0.39, 0.29) is 18.2 Å². The summed E-state index contributed by atoms with van der Waals surface area (Å²) in [4.78, 5) is 0. The molecule has 0 radical (unpaired) electrons. The van der Waals surface area contributed by atoms with Crippen molar-refractivity contribution in [1.29, 1.82) is 0 Å². The molecular formula is C12H14ClNO2. The highest BCUT2D eigenvalue weighted by Crippen LogP contribution is 2.56. The second-order valence-electron chi connectivity index (χ2n) is 4.63. The molecule has 0 amide bonds. The Morgan fingerprint density at radius 3 is 2.75 bits per heavy atom. The average molecular weight is 240 g/mol. The fraction of sp³-hybridized carbons (Fsp3) is 0.500. The molecule has 3 nitrogen and oxygen atoms in total. The van der Waals surface area contributed by atoms with Gasteiger partial charge in [0, 0.05) is 28.1 Å². The van der Waals surface area contributed by atoms with Crippen LogP contribution in [-0.4, -0.2) is 12.8 Å². The van der Waals surface area contributed by atoms with Crippen LogP contribution in [0, 0.1) is 0 Å². The molecule has 4 heteroatoms. The fourth-order valence-corrected chi connectivity index (χ4v) is 2.66. The van der Waals surface area contributed by atoms with Gasteiger partial charge in [-0.3, -0.25) is 0 Å². The van der Waals surface area contributed by atoms with Crippen LogP contribution in [0.15, 0.2) is 12.1 Å².